The van der Waals surface area contributed by atoms with Gasteiger partial charge in [0.1, 0.15) is 5.75 Å². The Hall–Kier alpha value is -4.94. The average Bonchev–Trinajstić information content (AvgIpc) is 3.41. The summed E-state index contributed by atoms with van der Waals surface area (Å²) in [5.41, 5.74) is 6.21. The predicted molar refractivity (Wildman–Crippen MR) is 171 cm³/mol. The number of hydrogen-bond donors (Lipinski definition) is 1. The molecule has 1 aromatic heterocycles. The second-order valence-electron chi connectivity index (χ2n) is 11.2. The number of nitrogens with zero attached hydrogens (tertiary/aromatic N) is 3. The zero-order valence-corrected chi connectivity index (χ0v) is 24.3. The van der Waals surface area contributed by atoms with Gasteiger partial charge in [-0.15, -0.1) is 0 Å². The Labute approximate surface area is 251 Å². The van der Waals surface area contributed by atoms with Crippen molar-refractivity contribution in [3.05, 3.63) is 143 Å². The van der Waals surface area contributed by atoms with Gasteiger partial charge in [0.2, 0.25) is 0 Å². The number of aromatic nitrogens is 2. The molecule has 2 heterocycles. The lowest BCUT2D eigenvalue weighted by Gasteiger charge is -2.28. The molecule has 0 saturated heterocycles. The molecule has 6 aromatic rings. The van der Waals surface area contributed by atoms with E-state index in [4.69, 9.17) is 9.84 Å². The van der Waals surface area contributed by atoms with Crippen molar-refractivity contribution in [1.82, 2.24) is 20.0 Å². The van der Waals surface area contributed by atoms with Crippen LogP contribution in [0.25, 0.3) is 21.5 Å². The maximum absolute atomic E-state index is 13.8. The molecule has 7 rings (SSSR count). The van der Waals surface area contributed by atoms with Crippen molar-refractivity contribution < 1.29 is 9.53 Å². The lowest BCUT2D eigenvalue weighted by Crippen LogP contribution is -2.32. The van der Waals surface area contributed by atoms with Gasteiger partial charge in [-0.2, -0.15) is 5.10 Å². The minimum Gasteiger partial charge on any atom is -0.496 e. The van der Waals surface area contributed by atoms with E-state index in [-0.39, 0.29) is 5.91 Å². The molecule has 214 valence electrons. The topological polar surface area (TPSA) is 59.4 Å². The van der Waals surface area contributed by atoms with Crippen LogP contribution in [0.3, 0.4) is 0 Å². The second kappa shape index (κ2) is 11.7. The first-order valence-corrected chi connectivity index (χ1v) is 14.8. The number of carbonyl (C=O) groups is 1. The number of carbonyl (C=O) groups excluding carboxylic acids is 1. The van der Waals surface area contributed by atoms with E-state index in [9.17, 15) is 4.79 Å². The van der Waals surface area contributed by atoms with E-state index in [0.717, 1.165) is 52.9 Å². The third kappa shape index (κ3) is 5.38. The molecule has 5 aromatic carbocycles. The van der Waals surface area contributed by atoms with Gasteiger partial charge in [-0.3, -0.25) is 14.4 Å². The number of hydrogen-bond acceptors (Lipinski definition) is 4. The monoisotopic (exact) mass is 566 g/mol. The standard InChI is InChI=1S/C37H34N4O2/c1-43-35-19-18-29(31-16-7-8-17-32(31)35)24-40-21-20-34-33(25-40)36(39-41(34)23-26-10-3-2-4-11-26)37(42)38-22-28-14-9-13-27-12-5-6-15-30(27)28/h2-19H,20-25H2,1H3,(H,38,42). The molecule has 43 heavy (non-hydrogen) atoms. The van der Waals surface area contributed by atoms with Crippen molar-refractivity contribution in [3.63, 3.8) is 0 Å². The summed E-state index contributed by atoms with van der Waals surface area (Å²) in [7, 11) is 1.72. The fourth-order valence-corrected chi connectivity index (χ4v) is 6.35. The van der Waals surface area contributed by atoms with E-state index < -0.39 is 0 Å². The smallest absolute Gasteiger partial charge is 0.272 e. The van der Waals surface area contributed by atoms with Gasteiger partial charge in [-0.05, 0) is 38.9 Å². The van der Waals surface area contributed by atoms with Crippen molar-refractivity contribution in [2.45, 2.75) is 32.6 Å². The molecule has 0 saturated carbocycles. The van der Waals surface area contributed by atoms with Crippen LogP contribution in [0.2, 0.25) is 0 Å². The zero-order valence-electron chi connectivity index (χ0n) is 24.3. The zero-order chi connectivity index (χ0) is 29.2. The van der Waals surface area contributed by atoms with Crippen molar-refractivity contribution in [3.8, 4) is 5.75 Å². The van der Waals surface area contributed by atoms with Gasteiger partial charge in [0.15, 0.2) is 5.69 Å². The molecule has 6 nitrogen and oxygen atoms in total. The van der Waals surface area contributed by atoms with Gasteiger partial charge < -0.3 is 10.1 Å². The number of nitrogens with one attached hydrogen (secondary N) is 1. The van der Waals surface area contributed by atoms with E-state index in [1.807, 2.05) is 47.1 Å². The van der Waals surface area contributed by atoms with E-state index >= 15 is 0 Å². The molecule has 1 N–H and O–H groups in total. The van der Waals surface area contributed by atoms with Gasteiger partial charge in [0, 0.05) is 49.2 Å². The first-order chi connectivity index (χ1) is 21.2. The number of fused-ring (bicyclic) bond motifs is 3. The summed E-state index contributed by atoms with van der Waals surface area (Å²) in [5, 5.41) is 12.8. The molecular weight excluding hydrogens is 532 g/mol. The van der Waals surface area contributed by atoms with Crippen LogP contribution in [-0.2, 0) is 32.6 Å². The van der Waals surface area contributed by atoms with E-state index in [0.29, 0.717) is 25.3 Å². The highest BCUT2D eigenvalue weighted by Gasteiger charge is 2.28. The molecule has 0 aliphatic carbocycles. The molecule has 6 heteroatoms. The summed E-state index contributed by atoms with van der Waals surface area (Å²) >= 11 is 0. The molecule has 0 atom stereocenters. The number of amides is 1. The van der Waals surface area contributed by atoms with Crippen LogP contribution < -0.4 is 10.1 Å². The molecule has 0 fully saturated rings. The number of rotatable bonds is 8. The summed E-state index contributed by atoms with van der Waals surface area (Å²) in [6.45, 7) is 3.43. The quantitative estimate of drug-likeness (QED) is 0.222. The first kappa shape index (κ1) is 26.9. The normalized spacial score (nSPS) is 13.2. The fourth-order valence-electron chi connectivity index (χ4n) is 6.35. The highest BCUT2D eigenvalue weighted by molar-refractivity contribution is 5.95. The van der Waals surface area contributed by atoms with E-state index in [1.165, 1.54) is 21.9 Å². The van der Waals surface area contributed by atoms with Crippen molar-refractivity contribution in [2.75, 3.05) is 13.7 Å². The Morgan fingerprint density at radius 1 is 0.791 bits per heavy atom. The lowest BCUT2D eigenvalue weighted by atomic mass is 10.0. The number of methoxy groups -OCH3 is 1. The first-order valence-electron chi connectivity index (χ1n) is 14.8. The van der Waals surface area contributed by atoms with E-state index in [2.05, 4.69) is 76.9 Å². The van der Waals surface area contributed by atoms with Crippen LogP contribution in [-0.4, -0.2) is 34.2 Å². The SMILES string of the molecule is COc1ccc(CN2CCc3c(c(C(=O)NCc4cccc5ccccc45)nn3Cc3ccccc3)C2)c2ccccc12. The third-order valence-electron chi connectivity index (χ3n) is 8.51. The summed E-state index contributed by atoms with van der Waals surface area (Å²) in [6, 6.07) is 37.4. The van der Waals surface area contributed by atoms with Gasteiger partial charge >= 0.3 is 0 Å². The van der Waals surface area contributed by atoms with Gasteiger partial charge in [0.25, 0.3) is 5.91 Å². The summed E-state index contributed by atoms with van der Waals surface area (Å²) in [4.78, 5) is 16.2. The summed E-state index contributed by atoms with van der Waals surface area (Å²) < 4.78 is 7.66. The van der Waals surface area contributed by atoms with Gasteiger partial charge in [-0.25, -0.2) is 0 Å². The number of ether oxygens (including phenoxy) is 1. The molecule has 0 radical (unpaired) electrons. The molecule has 0 spiro atoms. The van der Waals surface area contributed by atoms with Crippen molar-refractivity contribution in [1.29, 1.82) is 0 Å². The van der Waals surface area contributed by atoms with Crippen LogP contribution >= 0.6 is 0 Å². The van der Waals surface area contributed by atoms with E-state index in [1.54, 1.807) is 7.11 Å². The van der Waals surface area contributed by atoms with Crippen LogP contribution in [0.4, 0.5) is 0 Å². The van der Waals surface area contributed by atoms with Crippen LogP contribution in [0.5, 0.6) is 5.75 Å². The molecule has 0 unspecified atom stereocenters. The van der Waals surface area contributed by atoms with Gasteiger partial charge in [-0.1, -0.05) is 103 Å². The second-order valence-corrected chi connectivity index (χ2v) is 11.2. The molecule has 0 bridgehead atoms. The maximum atomic E-state index is 13.8. The van der Waals surface area contributed by atoms with Crippen LogP contribution in [0, 0.1) is 0 Å². The Kier molecular flexibility index (Phi) is 7.35. The fraction of sp³-hybridized carbons (Fsp3) is 0.189. The molecular formula is C37H34N4O2. The molecule has 1 aliphatic heterocycles. The minimum atomic E-state index is -0.132. The minimum absolute atomic E-state index is 0.132. The molecule has 1 amide bonds. The maximum Gasteiger partial charge on any atom is 0.272 e. The predicted octanol–water partition coefficient (Wildman–Crippen LogP) is 6.73. The number of benzene rings is 5. The lowest BCUT2D eigenvalue weighted by molar-refractivity contribution is 0.0943. The Balaban J connectivity index is 1.18. The Morgan fingerprint density at radius 2 is 1.53 bits per heavy atom. The summed E-state index contributed by atoms with van der Waals surface area (Å²) in [5.74, 6) is 0.750. The van der Waals surface area contributed by atoms with Crippen LogP contribution in [0.15, 0.2) is 109 Å². The van der Waals surface area contributed by atoms with Crippen LogP contribution in [0.1, 0.15) is 38.4 Å². The summed E-state index contributed by atoms with van der Waals surface area (Å²) in [6.07, 6.45) is 0.833. The van der Waals surface area contributed by atoms with Gasteiger partial charge in [0.05, 0.1) is 13.7 Å². The molecule has 1 aliphatic rings. The average molecular weight is 567 g/mol. The van der Waals surface area contributed by atoms with Crippen molar-refractivity contribution in [2.24, 2.45) is 0 Å². The van der Waals surface area contributed by atoms with Crippen molar-refractivity contribution >= 4 is 27.5 Å². The highest BCUT2D eigenvalue weighted by Crippen LogP contribution is 2.31. The largest absolute Gasteiger partial charge is 0.496 e. The Morgan fingerprint density at radius 3 is 2.37 bits per heavy atom. The highest BCUT2D eigenvalue weighted by atomic mass is 16.5. The Bertz CT molecular complexity index is 1920. The third-order valence-corrected chi connectivity index (χ3v) is 8.51.